The Labute approximate surface area is 152 Å². The van der Waals surface area contributed by atoms with Crippen molar-refractivity contribution in [1.29, 1.82) is 0 Å². The Hall–Kier alpha value is -1.17. The van der Waals surface area contributed by atoms with E-state index < -0.39 is 0 Å². The molecule has 0 bridgehead atoms. The number of rotatable bonds is 9. The van der Waals surface area contributed by atoms with Crippen molar-refractivity contribution in [2.45, 2.75) is 58.0 Å². The Bertz CT molecular complexity index is 496. The van der Waals surface area contributed by atoms with E-state index in [1.54, 1.807) is 0 Å². The van der Waals surface area contributed by atoms with Gasteiger partial charge in [0, 0.05) is 25.8 Å². The van der Waals surface area contributed by atoms with Crippen LogP contribution in [0.4, 0.5) is 5.82 Å². The summed E-state index contributed by atoms with van der Waals surface area (Å²) in [5.74, 6) is 1.13. The molecule has 3 heterocycles. The summed E-state index contributed by atoms with van der Waals surface area (Å²) in [7, 11) is 0. The summed E-state index contributed by atoms with van der Waals surface area (Å²) in [4.78, 5) is 15.4. The van der Waals surface area contributed by atoms with Gasteiger partial charge in [-0.1, -0.05) is 12.5 Å². The van der Waals surface area contributed by atoms with Crippen molar-refractivity contribution in [2.75, 3.05) is 44.2 Å². The first kappa shape index (κ1) is 18.6. The number of hydrogen-bond donors (Lipinski definition) is 1. The molecule has 0 unspecified atom stereocenters. The SMILES string of the molecule is Cc1cccnc1N1CCC(ONCCCCCN2CCCC2)CC1. The van der Waals surface area contributed by atoms with Crippen molar-refractivity contribution in [2.24, 2.45) is 0 Å². The minimum absolute atomic E-state index is 0.338. The third kappa shape index (κ3) is 5.94. The van der Waals surface area contributed by atoms with Crippen molar-refractivity contribution in [3.63, 3.8) is 0 Å². The van der Waals surface area contributed by atoms with Crippen molar-refractivity contribution in [1.82, 2.24) is 15.4 Å². The van der Waals surface area contributed by atoms with Gasteiger partial charge in [-0.3, -0.25) is 4.84 Å². The first-order valence-electron chi connectivity index (χ1n) is 10.1. The van der Waals surface area contributed by atoms with Crippen LogP contribution in [0.25, 0.3) is 0 Å². The second-order valence-electron chi connectivity index (χ2n) is 7.45. The molecule has 0 spiro atoms. The van der Waals surface area contributed by atoms with Crippen molar-refractivity contribution >= 4 is 5.82 Å². The molecule has 25 heavy (non-hydrogen) atoms. The van der Waals surface area contributed by atoms with E-state index in [0.717, 1.165) is 38.3 Å². The zero-order valence-electron chi connectivity index (χ0n) is 15.8. The Morgan fingerprint density at radius 2 is 1.92 bits per heavy atom. The molecule has 5 heteroatoms. The summed E-state index contributed by atoms with van der Waals surface area (Å²) in [6.07, 6.45) is 11.0. The van der Waals surface area contributed by atoms with Gasteiger partial charge in [0.25, 0.3) is 0 Å². The van der Waals surface area contributed by atoms with E-state index in [1.807, 2.05) is 12.3 Å². The number of nitrogens with zero attached hydrogens (tertiary/aromatic N) is 3. The molecule has 2 fully saturated rings. The van der Waals surface area contributed by atoms with E-state index in [1.165, 1.54) is 57.3 Å². The fourth-order valence-electron chi connectivity index (χ4n) is 3.89. The highest BCUT2D eigenvalue weighted by Crippen LogP contribution is 2.21. The van der Waals surface area contributed by atoms with Crippen LogP contribution in [0, 0.1) is 6.92 Å². The number of pyridine rings is 1. The van der Waals surface area contributed by atoms with Gasteiger partial charge in [-0.25, -0.2) is 10.5 Å². The number of anilines is 1. The van der Waals surface area contributed by atoms with Crippen LogP contribution >= 0.6 is 0 Å². The predicted octanol–water partition coefficient (Wildman–Crippen LogP) is 3.15. The lowest BCUT2D eigenvalue weighted by Gasteiger charge is -2.33. The van der Waals surface area contributed by atoms with Crippen LogP contribution in [0.2, 0.25) is 0 Å². The molecule has 140 valence electrons. The number of piperidine rings is 1. The van der Waals surface area contributed by atoms with Gasteiger partial charge in [-0.05, 0) is 76.7 Å². The molecule has 0 amide bonds. The summed E-state index contributed by atoms with van der Waals surface area (Å²) in [5.41, 5.74) is 4.46. The Kier molecular flexibility index (Phi) is 7.52. The quantitative estimate of drug-likeness (QED) is 0.549. The van der Waals surface area contributed by atoms with Crippen molar-refractivity contribution in [3.8, 4) is 0 Å². The molecule has 0 radical (unpaired) electrons. The van der Waals surface area contributed by atoms with Gasteiger partial charge in [0.2, 0.25) is 0 Å². The monoisotopic (exact) mass is 346 g/mol. The lowest BCUT2D eigenvalue weighted by Crippen LogP contribution is -2.40. The summed E-state index contributed by atoms with van der Waals surface area (Å²) < 4.78 is 0. The first-order chi connectivity index (χ1) is 12.3. The molecule has 0 aromatic carbocycles. The van der Waals surface area contributed by atoms with E-state index in [4.69, 9.17) is 4.84 Å². The van der Waals surface area contributed by atoms with Gasteiger partial charge in [0.05, 0.1) is 6.10 Å². The standard InChI is InChI=1S/C20H34N4O/c1-18-8-7-11-21-20(18)24-16-9-19(10-17-24)25-22-12-3-2-4-13-23-14-5-6-15-23/h7-8,11,19,22H,2-6,9-10,12-17H2,1H3. The molecule has 0 aliphatic carbocycles. The number of aromatic nitrogens is 1. The van der Waals surface area contributed by atoms with Crippen LogP contribution in [0.1, 0.15) is 50.5 Å². The van der Waals surface area contributed by atoms with Gasteiger partial charge >= 0.3 is 0 Å². The fourth-order valence-corrected chi connectivity index (χ4v) is 3.89. The predicted molar refractivity (Wildman–Crippen MR) is 103 cm³/mol. The van der Waals surface area contributed by atoms with E-state index in [-0.39, 0.29) is 0 Å². The Morgan fingerprint density at radius 3 is 2.68 bits per heavy atom. The van der Waals surface area contributed by atoms with Crippen LogP contribution < -0.4 is 10.4 Å². The maximum Gasteiger partial charge on any atom is 0.131 e. The van der Waals surface area contributed by atoms with Gasteiger partial charge < -0.3 is 9.80 Å². The van der Waals surface area contributed by atoms with Crippen LogP contribution in [0.3, 0.4) is 0 Å². The number of nitrogens with one attached hydrogen (secondary N) is 1. The van der Waals surface area contributed by atoms with Gasteiger partial charge in [-0.15, -0.1) is 0 Å². The number of likely N-dealkylation sites (tertiary alicyclic amines) is 1. The smallest absolute Gasteiger partial charge is 0.131 e. The molecule has 1 aromatic rings. The van der Waals surface area contributed by atoms with E-state index in [2.05, 4.69) is 33.3 Å². The zero-order valence-corrected chi connectivity index (χ0v) is 15.8. The van der Waals surface area contributed by atoms with Gasteiger partial charge in [0.1, 0.15) is 5.82 Å². The summed E-state index contributed by atoms with van der Waals surface area (Å²) in [6.45, 7) is 9.08. The first-order valence-corrected chi connectivity index (χ1v) is 10.1. The maximum absolute atomic E-state index is 5.87. The second-order valence-corrected chi connectivity index (χ2v) is 7.45. The number of aryl methyl sites for hydroxylation is 1. The van der Waals surface area contributed by atoms with E-state index in [9.17, 15) is 0 Å². The molecule has 5 nitrogen and oxygen atoms in total. The third-order valence-corrected chi connectivity index (χ3v) is 5.43. The van der Waals surface area contributed by atoms with Crippen LogP contribution in [-0.4, -0.2) is 55.3 Å². The summed E-state index contributed by atoms with van der Waals surface area (Å²) in [5, 5.41) is 0. The number of hydroxylamine groups is 1. The molecular weight excluding hydrogens is 312 g/mol. The lowest BCUT2D eigenvalue weighted by molar-refractivity contribution is -0.0362. The molecule has 2 saturated heterocycles. The van der Waals surface area contributed by atoms with Crippen molar-refractivity contribution < 1.29 is 4.84 Å². The van der Waals surface area contributed by atoms with Crippen LogP contribution in [0.5, 0.6) is 0 Å². The number of hydrogen-bond acceptors (Lipinski definition) is 5. The van der Waals surface area contributed by atoms with Crippen molar-refractivity contribution in [3.05, 3.63) is 23.9 Å². The molecule has 3 rings (SSSR count). The van der Waals surface area contributed by atoms with Gasteiger partial charge in [-0.2, -0.15) is 0 Å². The highest BCUT2D eigenvalue weighted by Gasteiger charge is 2.21. The molecular formula is C20H34N4O. The van der Waals surface area contributed by atoms with Crippen LogP contribution in [-0.2, 0) is 4.84 Å². The molecule has 2 aliphatic heterocycles. The molecule has 0 atom stereocenters. The van der Waals surface area contributed by atoms with E-state index >= 15 is 0 Å². The fraction of sp³-hybridized carbons (Fsp3) is 0.750. The highest BCUT2D eigenvalue weighted by molar-refractivity contribution is 5.46. The Balaban J connectivity index is 1.22. The highest BCUT2D eigenvalue weighted by atomic mass is 16.7. The maximum atomic E-state index is 5.87. The third-order valence-electron chi connectivity index (χ3n) is 5.43. The average Bonchev–Trinajstić information content (AvgIpc) is 3.15. The largest absolute Gasteiger partial charge is 0.356 e. The van der Waals surface area contributed by atoms with E-state index in [0.29, 0.717) is 6.10 Å². The summed E-state index contributed by atoms with van der Waals surface area (Å²) in [6, 6.07) is 4.14. The normalized spacial score (nSPS) is 19.6. The molecule has 2 aliphatic rings. The topological polar surface area (TPSA) is 40.6 Å². The van der Waals surface area contributed by atoms with Gasteiger partial charge in [0.15, 0.2) is 0 Å². The Morgan fingerprint density at radius 1 is 1.12 bits per heavy atom. The summed E-state index contributed by atoms with van der Waals surface area (Å²) >= 11 is 0. The average molecular weight is 347 g/mol. The zero-order chi connectivity index (χ0) is 17.3. The lowest BCUT2D eigenvalue weighted by atomic mass is 10.1. The minimum atomic E-state index is 0.338. The molecule has 1 N–H and O–H groups in total. The van der Waals surface area contributed by atoms with Crippen LogP contribution in [0.15, 0.2) is 18.3 Å². The molecule has 0 saturated carbocycles. The number of unbranched alkanes of at least 4 members (excludes halogenated alkanes) is 2. The molecule has 1 aromatic heterocycles. The second kappa shape index (κ2) is 10.1. The minimum Gasteiger partial charge on any atom is -0.356 e.